The summed E-state index contributed by atoms with van der Waals surface area (Å²) in [6.07, 6.45) is -3.06. The molecule has 10 heteroatoms. The average molecular weight is 381 g/mol. The molecule has 2 amide bonds. The van der Waals surface area contributed by atoms with Crippen molar-refractivity contribution in [3.05, 3.63) is 47.5 Å². The fourth-order valence-electron chi connectivity index (χ4n) is 3.08. The molecule has 144 valence electrons. The highest BCUT2D eigenvalue weighted by atomic mass is 19.4. The van der Waals surface area contributed by atoms with E-state index >= 15 is 0 Å². The summed E-state index contributed by atoms with van der Waals surface area (Å²) in [6.45, 7) is 0.449. The summed E-state index contributed by atoms with van der Waals surface area (Å²) < 4.78 is 38.5. The van der Waals surface area contributed by atoms with Crippen LogP contribution in [-0.4, -0.2) is 50.4 Å². The summed E-state index contributed by atoms with van der Waals surface area (Å²) in [5, 5.41) is 6.37. The largest absolute Gasteiger partial charge is 0.416 e. The molecule has 1 atom stereocenters. The smallest absolute Gasteiger partial charge is 0.338 e. The molecule has 0 aliphatic carbocycles. The zero-order valence-electron chi connectivity index (χ0n) is 14.5. The molecule has 7 nitrogen and oxygen atoms in total. The van der Waals surface area contributed by atoms with Gasteiger partial charge in [-0.15, -0.1) is 0 Å². The Morgan fingerprint density at radius 2 is 2.19 bits per heavy atom. The van der Waals surface area contributed by atoms with Gasteiger partial charge in [0.25, 0.3) is 0 Å². The zero-order chi connectivity index (χ0) is 19.6. The summed E-state index contributed by atoms with van der Waals surface area (Å²) >= 11 is 0. The van der Waals surface area contributed by atoms with E-state index in [1.54, 1.807) is 7.05 Å². The molecule has 1 aliphatic rings. The lowest BCUT2D eigenvalue weighted by molar-refractivity contribution is -0.137. The van der Waals surface area contributed by atoms with Gasteiger partial charge in [0.2, 0.25) is 11.8 Å². The van der Waals surface area contributed by atoms with Crippen LogP contribution in [0.25, 0.3) is 0 Å². The molecule has 1 aliphatic heterocycles. The molecule has 2 heterocycles. The number of amides is 2. The van der Waals surface area contributed by atoms with E-state index in [1.807, 2.05) is 0 Å². The van der Waals surface area contributed by atoms with Crippen molar-refractivity contribution in [2.24, 2.45) is 5.92 Å². The molecule has 1 aromatic carbocycles. The minimum Gasteiger partial charge on any atom is -0.338 e. The van der Waals surface area contributed by atoms with E-state index in [1.165, 1.54) is 28.3 Å². The average Bonchev–Trinajstić information content (AvgIpc) is 3.24. The van der Waals surface area contributed by atoms with Crippen molar-refractivity contribution in [2.75, 3.05) is 13.6 Å². The van der Waals surface area contributed by atoms with Crippen LogP contribution < -0.4 is 0 Å². The number of halogens is 3. The minimum atomic E-state index is -4.44. The Kier molecular flexibility index (Phi) is 5.15. The quantitative estimate of drug-likeness (QED) is 0.857. The van der Waals surface area contributed by atoms with E-state index in [9.17, 15) is 22.8 Å². The summed E-state index contributed by atoms with van der Waals surface area (Å²) in [5.41, 5.74) is -0.382. The molecule has 3 rings (SSSR count). The first-order valence-electron chi connectivity index (χ1n) is 8.27. The van der Waals surface area contributed by atoms with E-state index in [-0.39, 0.29) is 37.9 Å². The van der Waals surface area contributed by atoms with Gasteiger partial charge in [-0.1, -0.05) is 12.1 Å². The number of aromatic nitrogens is 3. The van der Waals surface area contributed by atoms with Crippen LogP contribution in [0.5, 0.6) is 0 Å². The standard InChI is InChI=1S/C17H18F3N5O2/c1-24(9-14-21-10-22-23-14)16(27)12-6-15(26)25(8-12)7-11-3-2-4-13(5-11)17(18,19)20/h2-5,10,12H,6-9H2,1H3,(H,21,22,23). The van der Waals surface area contributed by atoms with Gasteiger partial charge >= 0.3 is 6.18 Å². The molecule has 1 aromatic heterocycles. The van der Waals surface area contributed by atoms with Crippen molar-refractivity contribution in [3.8, 4) is 0 Å². The monoisotopic (exact) mass is 381 g/mol. The van der Waals surface area contributed by atoms with E-state index in [2.05, 4.69) is 15.2 Å². The fraction of sp³-hybridized carbons (Fsp3) is 0.412. The summed E-state index contributed by atoms with van der Waals surface area (Å²) in [6, 6.07) is 4.86. The Morgan fingerprint density at radius 1 is 1.41 bits per heavy atom. The number of hydrogen-bond donors (Lipinski definition) is 1. The van der Waals surface area contributed by atoms with Gasteiger partial charge < -0.3 is 9.80 Å². The summed E-state index contributed by atoms with van der Waals surface area (Å²) in [4.78, 5) is 31.6. The number of carbonyl (C=O) groups excluding carboxylic acids is 2. The molecule has 2 aromatic rings. The van der Waals surface area contributed by atoms with Crippen LogP contribution in [-0.2, 0) is 28.9 Å². The maximum absolute atomic E-state index is 12.8. The molecule has 1 fully saturated rings. The van der Waals surface area contributed by atoms with Crippen molar-refractivity contribution in [1.29, 1.82) is 0 Å². The number of nitrogens with zero attached hydrogens (tertiary/aromatic N) is 4. The lowest BCUT2D eigenvalue weighted by Gasteiger charge is -2.21. The number of aromatic amines is 1. The number of hydrogen-bond acceptors (Lipinski definition) is 4. The third-order valence-corrected chi connectivity index (χ3v) is 4.42. The number of nitrogens with one attached hydrogen (secondary N) is 1. The highest BCUT2D eigenvalue weighted by Crippen LogP contribution is 2.30. The van der Waals surface area contributed by atoms with Crippen LogP contribution in [0.15, 0.2) is 30.6 Å². The van der Waals surface area contributed by atoms with Crippen LogP contribution in [0.2, 0.25) is 0 Å². The highest BCUT2D eigenvalue weighted by molar-refractivity contribution is 5.89. The number of H-pyrrole nitrogens is 1. The maximum Gasteiger partial charge on any atom is 0.416 e. The van der Waals surface area contributed by atoms with Crippen LogP contribution in [0, 0.1) is 5.92 Å². The molecular formula is C17H18F3N5O2. The Hall–Kier alpha value is -2.91. The van der Waals surface area contributed by atoms with Crippen LogP contribution in [0.1, 0.15) is 23.4 Å². The van der Waals surface area contributed by atoms with Crippen LogP contribution in [0.4, 0.5) is 13.2 Å². The minimum absolute atomic E-state index is 0.0400. The first-order chi connectivity index (χ1) is 12.7. The van der Waals surface area contributed by atoms with Gasteiger partial charge in [-0.25, -0.2) is 4.98 Å². The maximum atomic E-state index is 12.8. The molecule has 1 unspecified atom stereocenters. The number of rotatable bonds is 5. The lowest BCUT2D eigenvalue weighted by Crippen LogP contribution is -2.34. The van der Waals surface area contributed by atoms with Gasteiger partial charge in [-0.3, -0.25) is 14.7 Å². The predicted octanol–water partition coefficient (Wildman–Crippen LogP) is 1.83. The summed E-state index contributed by atoms with van der Waals surface area (Å²) in [5.74, 6) is -0.475. The number of carbonyl (C=O) groups is 2. The van der Waals surface area contributed by atoms with Gasteiger partial charge in [0.1, 0.15) is 12.2 Å². The van der Waals surface area contributed by atoms with Gasteiger partial charge in [0, 0.05) is 26.6 Å². The van der Waals surface area contributed by atoms with Gasteiger partial charge in [0.05, 0.1) is 18.0 Å². The molecule has 0 saturated carbocycles. The number of likely N-dealkylation sites (tertiary alicyclic amines) is 1. The Labute approximate surface area is 153 Å². The van der Waals surface area contributed by atoms with E-state index in [4.69, 9.17) is 0 Å². The second kappa shape index (κ2) is 7.37. The molecule has 0 spiro atoms. The fourth-order valence-corrected chi connectivity index (χ4v) is 3.08. The van der Waals surface area contributed by atoms with Crippen molar-refractivity contribution in [2.45, 2.75) is 25.7 Å². The topological polar surface area (TPSA) is 82.2 Å². The third-order valence-electron chi connectivity index (χ3n) is 4.42. The zero-order valence-corrected chi connectivity index (χ0v) is 14.5. The molecule has 1 saturated heterocycles. The first-order valence-corrected chi connectivity index (χ1v) is 8.27. The molecule has 27 heavy (non-hydrogen) atoms. The Morgan fingerprint density at radius 3 is 2.85 bits per heavy atom. The second-order valence-corrected chi connectivity index (χ2v) is 6.50. The van der Waals surface area contributed by atoms with Crippen molar-refractivity contribution >= 4 is 11.8 Å². The first kappa shape index (κ1) is 18.9. The SMILES string of the molecule is CN(Cc1ncn[nH]1)C(=O)C1CC(=O)N(Cc2cccc(C(F)(F)F)c2)C1. The van der Waals surface area contributed by atoms with Gasteiger partial charge in [-0.05, 0) is 17.7 Å². The van der Waals surface area contributed by atoms with E-state index in [0.717, 1.165) is 12.1 Å². The Balaban J connectivity index is 1.63. The molecular weight excluding hydrogens is 363 g/mol. The van der Waals surface area contributed by atoms with E-state index in [0.29, 0.717) is 11.4 Å². The second-order valence-electron chi connectivity index (χ2n) is 6.50. The Bertz CT molecular complexity index is 822. The third kappa shape index (κ3) is 4.44. The number of benzene rings is 1. The number of alkyl halides is 3. The molecule has 0 bridgehead atoms. The van der Waals surface area contributed by atoms with Crippen LogP contribution >= 0.6 is 0 Å². The lowest BCUT2D eigenvalue weighted by atomic mass is 10.1. The van der Waals surface area contributed by atoms with Gasteiger partial charge in [0.15, 0.2) is 0 Å². The normalized spacial score (nSPS) is 17.4. The van der Waals surface area contributed by atoms with Gasteiger partial charge in [-0.2, -0.15) is 18.3 Å². The van der Waals surface area contributed by atoms with Crippen molar-refractivity contribution < 1.29 is 22.8 Å². The molecule has 0 radical (unpaired) electrons. The van der Waals surface area contributed by atoms with Crippen LogP contribution in [0.3, 0.4) is 0 Å². The van der Waals surface area contributed by atoms with E-state index < -0.39 is 17.7 Å². The summed E-state index contributed by atoms with van der Waals surface area (Å²) in [7, 11) is 1.60. The molecule has 1 N–H and O–H groups in total. The predicted molar refractivity (Wildman–Crippen MR) is 87.8 cm³/mol. The highest BCUT2D eigenvalue weighted by Gasteiger charge is 2.36. The van der Waals surface area contributed by atoms with Crippen molar-refractivity contribution in [3.63, 3.8) is 0 Å². The van der Waals surface area contributed by atoms with Crippen molar-refractivity contribution in [1.82, 2.24) is 25.0 Å².